The minimum absolute atomic E-state index is 0.210. The highest BCUT2D eigenvalue weighted by molar-refractivity contribution is 4.73. The molecule has 0 heterocycles. The van der Waals surface area contributed by atoms with E-state index in [-0.39, 0.29) is 5.88 Å². The number of unbranched alkanes of at least 4 members (excludes halogenated alkanes) is 1. The summed E-state index contributed by atoms with van der Waals surface area (Å²) < 4.78 is 0. The van der Waals surface area contributed by atoms with Gasteiger partial charge in [-0.15, -0.1) is 0 Å². The molecule has 0 aromatic carbocycles. The van der Waals surface area contributed by atoms with Crippen molar-refractivity contribution in [3.8, 4) is 0 Å². The van der Waals surface area contributed by atoms with Gasteiger partial charge in [-0.3, -0.25) is 5.11 Å². The first kappa shape index (κ1) is 7.21. The molecule has 0 aromatic rings. The second kappa shape index (κ2) is 4.37. The van der Waals surface area contributed by atoms with Crippen molar-refractivity contribution < 1.29 is 5.11 Å². The molecular formula is C6H11NO+. The number of hydrogen-bond donors (Lipinski definition) is 1. The summed E-state index contributed by atoms with van der Waals surface area (Å²) >= 11 is 0. The van der Waals surface area contributed by atoms with Gasteiger partial charge < -0.3 is 5.32 Å². The zero-order valence-corrected chi connectivity index (χ0v) is 4.94. The maximum atomic E-state index is 10.1. The van der Waals surface area contributed by atoms with E-state index in [0.717, 1.165) is 12.8 Å². The Hall–Kier alpha value is -0.790. The Morgan fingerprint density at radius 2 is 2.38 bits per heavy atom. The van der Waals surface area contributed by atoms with Gasteiger partial charge in [-0.05, 0) is 6.58 Å². The lowest BCUT2D eigenvalue weighted by Crippen LogP contribution is -2.11. The fourth-order valence-electron chi connectivity index (χ4n) is 0.353. The Morgan fingerprint density at radius 1 is 1.75 bits per heavy atom. The van der Waals surface area contributed by atoms with Crippen molar-refractivity contribution in [3.63, 3.8) is 0 Å². The molecule has 0 aliphatic carbocycles. The van der Waals surface area contributed by atoms with Crippen molar-refractivity contribution in [2.75, 3.05) is 6.54 Å². The van der Waals surface area contributed by atoms with Crippen LogP contribution in [-0.2, 0) is 5.11 Å². The number of nitrogens with one attached hydrogen (secondary N) is 1. The van der Waals surface area contributed by atoms with Crippen molar-refractivity contribution in [1.29, 1.82) is 0 Å². The van der Waals surface area contributed by atoms with Crippen LogP contribution in [0.4, 0.5) is 0 Å². The van der Waals surface area contributed by atoms with Crippen LogP contribution in [0.3, 0.4) is 0 Å². The average Bonchev–Trinajstić information content (AvgIpc) is 1.66. The first-order valence-electron chi connectivity index (χ1n) is 2.66. The van der Waals surface area contributed by atoms with Gasteiger partial charge in [-0.2, -0.15) is 0 Å². The third-order valence-electron chi connectivity index (χ3n) is 0.749. The summed E-state index contributed by atoms with van der Waals surface area (Å²) in [6.07, 6.45) is 1.79. The molecule has 0 saturated heterocycles. The van der Waals surface area contributed by atoms with E-state index in [2.05, 4.69) is 18.8 Å². The molecule has 1 radical (unpaired) electrons. The highest BCUT2D eigenvalue weighted by Crippen LogP contribution is 1.83. The summed E-state index contributed by atoms with van der Waals surface area (Å²) in [6.45, 7) is 7.45. The molecule has 0 fully saturated rings. The van der Waals surface area contributed by atoms with Crippen LogP contribution in [0.25, 0.3) is 0 Å². The lowest BCUT2D eigenvalue weighted by Gasteiger charge is -1.94. The Kier molecular flexibility index (Phi) is 3.94. The first-order chi connectivity index (χ1) is 3.77. The molecule has 0 aliphatic rings. The van der Waals surface area contributed by atoms with Gasteiger partial charge in [0.2, 0.25) is 5.88 Å². The van der Waals surface area contributed by atoms with E-state index >= 15 is 0 Å². The fraction of sp³-hybridized carbons (Fsp3) is 0.500. The predicted octanol–water partition coefficient (Wildman–Crippen LogP) is 1.09. The largest absolute Gasteiger partial charge is 0.353 e. The molecular weight excluding hydrogens is 102 g/mol. The fourth-order valence-corrected chi connectivity index (χ4v) is 0.353. The molecule has 0 unspecified atom stereocenters. The van der Waals surface area contributed by atoms with Crippen LogP contribution in [0.2, 0.25) is 0 Å². The average molecular weight is 113 g/mol. The lowest BCUT2D eigenvalue weighted by molar-refractivity contribution is 0.265. The monoisotopic (exact) mass is 113 g/mol. The van der Waals surface area contributed by atoms with Crippen molar-refractivity contribution in [2.45, 2.75) is 12.8 Å². The summed E-state index contributed by atoms with van der Waals surface area (Å²) in [6, 6.07) is 0. The van der Waals surface area contributed by atoms with Gasteiger partial charge in [0.15, 0.2) is 0 Å². The standard InChI is InChI=1S/C6H11NO/c1-3-4-5-7-6(2)8/h7H,1-5H2/q+1. The van der Waals surface area contributed by atoms with Gasteiger partial charge in [0.1, 0.15) is 0 Å². The second-order valence-electron chi connectivity index (χ2n) is 1.56. The Balaban J connectivity index is 2.82. The van der Waals surface area contributed by atoms with Gasteiger partial charge in [-0.1, -0.05) is 0 Å². The molecule has 8 heavy (non-hydrogen) atoms. The zero-order valence-electron chi connectivity index (χ0n) is 4.94. The van der Waals surface area contributed by atoms with Gasteiger partial charge in [0.25, 0.3) is 0 Å². The van der Waals surface area contributed by atoms with E-state index in [1.165, 1.54) is 0 Å². The van der Waals surface area contributed by atoms with Gasteiger partial charge in [0, 0.05) is 13.0 Å². The summed E-state index contributed by atoms with van der Waals surface area (Å²) in [5.41, 5.74) is 0. The summed E-state index contributed by atoms with van der Waals surface area (Å²) in [4.78, 5) is 0. The van der Waals surface area contributed by atoms with Crippen LogP contribution in [0.15, 0.2) is 12.5 Å². The van der Waals surface area contributed by atoms with Crippen LogP contribution < -0.4 is 5.32 Å². The molecule has 0 aromatic heterocycles. The van der Waals surface area contributed by atoms with Gasteiger partial charge in [0.05, 0.1) is 13.3 Å². The number of hydrogen-bond acceptors (Lipinski definition) is 1. The Bertz CT molecular complexity index is 70.9. The summed E-state index contributed by atoms with van der Waals surface area (Å²) in [5.74, 6) is -0.210. The molecule has 45 valence electrons. The van der Waals surface area contributed by atoms with E-state index in [9.17, 15) is 5.11 Å². The first-order valence-corrected chi connectivity index (χ1v) is 2.66. The van der Waals surface area contributed by atoms with Gasteiger partial charge >= 0.3 is 0 Å². The molecule has 0 saturated carbocycles. The molecule has 1 N–H and O–H groups in total. The van der Waals surface area contributed by atoms with Crippen LogP contribution >= 0.6 is 0 Å². The van der Waals surface area contributed by atoms with E-state index < -0.39 is 0 Å². The highest BCUT2D eigenvalue weighted by Gasteiger charge is 1.87. The molecule has 2 nitrogen and oxygen atoms in total. The van der Waals surface area contributed by atoms with Crippen molar-refractivity contribution in [1.82, 2.24) is 5.32 Å². The molecule has 0 atom stereocenters. The quantitative estimate of drug-likeness (QED) is 0.330. The zero-order chi connectivity index (χ0) is 6.41. The van der Waals surface area contributed by atoms with Crippen molar-refractivity contribution in [3.05, 3.63) is 19.4 Å². The predicted molar refractivity (Wildman–Crippen MR) is 32.4 cm³/mol. The minimum atomic E-state index is -0.210. The van der Waals surface area contributed by atoms with E-state index in [1.54, 1.807) is 0 Å². The topological polar surface area (TPSA) is 31.9 Å². The summed E-state index contributed by atoms with van der Waals surface area (Å²) in [7, 11) is 0. The minimum Gasteiger partial charge on any atom is -0.353 e. The van der Waals surface area contributed by atoms with E-state index in [1.807, 2.05) is 0 Å². The van der Waals surface area contributed by atoms with Crippen molar-refractivity contribution in [2.24, 2.45) is 0 Å². The third-order valence-corrected chi connectivity index (χ3v) is 0.749. The van der Waals surface area contributed by atoms with Crippen LogP contribution in [0.1, 0.15) is 12.8 Å². The second-order valence-corrected chi connectivity index (χ2v) is 1.56. The van der Waals surface area contributed by atoms with Gasteiger partial charge in [-0.25, -0.2) is 0 Å². The molecule has 0 bridgehead atoms. The molecule has 2 heteroatoms. The number of rotatable bonds is 4. The maximum Gasteiger partial charge on any atom is 0.236 e. The molecule has 0 aliphatic heterocycles. The van der Waals surface area contributed by atoms with Crippen LogP contribution in [0.5, 0.6) is 0 Å². The normalized spacial score (nSPS) is 8.50. The Morgan fingerprint density at radius 3 is 2.75 bits per heavy atom. The van der Waals surface area contributed by atoms with Crippen LogP contribution in [0, 0.1) is 6.92 Å². The third kappa shape index (κ3) is 5.21. The van der Waals surface area contributed by atoms with E-state index in [4.69, 9.17) is 0 Å². The molecule has 0 amide bonds. The van der Waals surface area contributed by atoms with Crippen molar-refractivity contribution >= 4 is 0 Å². The molecule has 0 rings (SSSR count). The lowest BCUT2D eigenvalue weighted by atomic mass is 10.3. The molecule has 0 spiro atoms. The van der Waals surface area contributed by atoms with E-state index in [0.29, 0.717) is 6.54 Å². The Labute approximate surface area is 50.2 Å². The highest BCUT2D eigenvalue weighted by atomic mass is 16.3. The SMILES string of the molecule is C=C([O])NCCC[CH2+]. The summed E-state index contributed by atoms with van der Waals surface area (Å²) in [5, 5.41) is 12.6. The van der Waals surface area contributed by atoms with Crippen LogP contribution in [-0.4, -0.2) is 6.54 Å². The maximum absolute atomic E-state index is 10.1. The smallest absolute Gasteiger partial charge is 0.236 e.